The predicted octanol–water partition coefficient (Wildman–Crippen LogP) is 4.28. The molecular formula is C23H21FN2O4. The van der Waals surface area contributed by atoms with Crippen LogP contribution in [0.1, 0.15) is 16.9 Å². The normalized spacial score (nSPS) is 14.5. The Morgan fingerprint density at radius 1 is 1.00 bits per heavy atom. The van der Waals surface area contributed by atoms with E-state index in [1.54, 1.807) is 43.6 Å². The summed E-state index contributed by atoms with van der Waals surface area (Å²) in [7, 11) is 3.16. The summed E-state index contributed by atoms with van der Waals surface area (Å²) in [6, 6.07) is 18.7. The van der Waals surface area contributed by atoms with Crippen molar-refractivity contribution in [2.75, 3.05) is 14.2 Å². The molecule has 6 nitrogen and oxygen atoms in total. The molecule has 0 saturated carbocycles. The molecule has 1 aliphatic rings. The van der Waals surface area contributed by atoms with E-state index in [-0.39, 0.29) is 10.6 Å². The van der Waals surface area contributed by atoms with Crippen molar-refractivity contribution in [2.45, 2.75) is 6.54 Å². The van der Waals surface area contributed by atoms with Crippen LogP contribution < -0.4 is 9.47 Å². The number of hydrogen-bond donors (Lipinski definition) is 0. The molecule has 30 heavy (non-hydrogen) atoms. The molecule has 0 spiro atoms. The van der Waals surface area contributed by atoms with Crippen LogP contribution in [-0.4, -0.2) is 30.9 Å². The minimum Gasteiger partial charge on any atom is -0.493 e. The zero-order valence-corrected chi connectivity index (χ0v) is 16.6. The second-order valence-electron chi connectivity index (χ2n) is 6.42. The van der Waals surface area contributed by atoms with Crippen LogP contribution in [0, 0.1) is 0 Å². The fraction of sp³-hybridized carbons (Fsp3) is 0.130. The van der Waals surface area contributed by atoms with E-state index in [9.17, 15) is 4.79 Å². The Balaban J connectivity index is 0.00000256. The average Bonchev–Trinajstić information content (AvgIpc) is 3.38. The number of benzene rings is 2. The number of furan rings is 1. The van der Waals surface area contributed by atoms with Gasteiger partial charge in [-0.25, -0.2) is 4.99 Å². The van der Waals surface area contributed by atoms with Gasteiger partial charge in [0.1, 0.15) is 17.3 Å². The number of carbonyl (C=O) groups excluding carboxylic acids is 1. The molecule has 1 aliphatic heterocycles. The van der Waals surface area contributed by atoms with Crippen LogP contribution in [0.3, 0.4) is 0 Å². The van der Waals surface area contributed by atoms with Crippen LogP contribution in [0.25, 0.3) is 6.08 Å². The summed E-state index contributed by atoms with van der Waals surface area (Å²) in [5.41, 5.74) is 2.01. The zero-order valence-electron chi connectivity index (χ0n) is 16.6. The number of ether oxygens (including phenoxy) is 2. The Bertz CT molecular complexity index is 1080. The fourth-order valence-corrected chi connectivity index (χ4v) is 3.16. The molecular weight excluding hydrogens is 387 g/mol. The number of hydrogen-bond acceptors (Lipinski definition) is 5. The first-order chi connectivity index (χ1) is 14.2. The summed E-state index contributed by atoms with van der Waals surface area (Å²) in [5, 5.41) is 0. The fourth-order valence-electron chi connectivity index (χ4n) is 3.16. The molecule has 2 heterocycles. The van der Waals surface area contributed by atoms with Crippen LogP contribution in [-0.2, 0) is 11.3 Å². The third-order valence-corrected chi connectivity index (χ3v) is 4.58. The largest absolute Gasteiger partial charge is 0.493 e. The third kappa shape index (κ3) is 4.10. The second kappa shape index (κ2) is 9.09. The third-order valence-electron chi connectivity index (χ3n) is 4.58. The number of methoxy groups -OCH3 is 2. The maximum atomic E-state index is 13.1. The molecule has 2 aromatic carbocycles. The topological polar surface area (TPSA) is 64.3 Å². The Labute approximate surface area is 173 Å². The first-order valence-corrected chi connectivity index (χ1v) is 9.11. The van der Waals surface area contributed by atoms with Gasteiger partial charge in [0.2, 0.25) is 0 Å². The number of halogens is 1. The number of rotatable bonds is 6. The first kappa shape index (κ1) is 20.9. The van der Waals surface area contributed by atoms with Gasteiger partial charge in [-0.15, -0.1) is 0 Å². The molecule has 0 N–H and O–H groups in total. The molecule has 0 bridgehead atoms. The number of nitrogens with zero attached hydrogens (tertiary/aromatic N) is 2. The highest BCUT2D eigenvalue weighted by Crippen LogP contribution is 2.30. The Kier molecular flexibility index (Phi) is 6.32. The van der Waals surface area contributed by atoms with Gasteiger partial charge in [-0.2, -0.15) is 0 Å². The van der Waals surface area contributed by atoms with E-state index in [4.69, 9.17) is 13.9 Å². The number of aliphatic imine (C=N–C) groups is 1. The molecule has 0 aliphatic carbocycles. The predicted molar refractivity (Wildman–Crippen MR) is 112 cm³/mol. The van der Waals surface area contributed by atoms with Crippen LogP contribution in [0.2, 0.25) is 0 Å². The Morgan fingerprint density at radius 2 is 1.77 bits per heavy atom. The van der Waals surface area contributed by atoms with Gasteiger partial charge in [0.15, 0.2) is 11.5 Å². The highest BCUT2D eigenvalue weighted by atomic mass is 19.0. The summed E-state index contributed by atoms with van der Waals surface area (Å²) in [4.78, 5) is 19.4. The van der Waals surface area contributed by atoms with Crippen molar-refractivity contribution in [3.05, 3.63) is 89.5 Å². The van der Waals surface area contributed by atoms with Crippen molar-refractivity contribution in [1.82, 2.24) is 4.90 Å². The highest BCUT2D eigenvalue weighted by Gasteiger charge is 2.31. The molecule has 0 atom stereocenters. The van der Waals surface area contributed by atoms with Gasteiger partial charge in [-0.05, 0) is 35.9 Å². The van der Waals surface area contributed by atoms with Gasteiger partial charge in [-0.3, -0.25) is 14.4 Å². The van der Waals surface area contributed by atoms with Crippen molar-refractivity contribution in [3.8, 4) is 11.5 Å². The minimum atomic E-state index is -0.185. The quantitative estimate of drug-likeness (QED) is 0.571. The van der Waals surface area contributed by atoms with E-state index in [1.807, 2.05) is 48.5 Å². The molecule has 0 radical (unpaired) electrons. The maximum absolute atomic E-state index is 13.1. The van der Waals surface area contributed by atoms with Gasteiger partial charge >= 0.3 is 0 Å². The smallest absolute Gasteiger partial charge is 0.278 e. The van der Waals surface area contributed by atoms with Crippen LogP contribution in [0.4, 0.5) is 4.70 Å². The van der Waals surface area contributed by atoms with E-state index in [2.05, 4.69) is 4.99 Å². The van der Waals surface area contributed by atoms with E-state index in [0.29, 0.717) is 35.3 Å². The van der Waals surface area contributed by atoms with Crippen molar-refractivity contribution < 1.29 is 23.4 Å². The van der Waals surface area contributed by atoms with Gasteiger partial charge in [0.05, 0.1) is 27.0 Å². The number of amidine groups is 1. The Hall–Kier alpha value is -3.87. The number of carbonyl (C=O) groups is 1. The SMILES string of the molecule is COc1ccc(/C=C2\N=C(c3ccccc3)N(Cc3ccco3)C2=O)cc1OC.F. The molecule has 0 unspecified atom stereocenters. The molecule has 0 saturated heterocycles. The average molecular weight is 408 g/mol. The van der Waals surface area contributed by atoms with Crippen molar-refractivity contribution in [3.63, 3.8) is 0 Å². The lowest BCUT2D eigenvalue weighted by Gasteiger charge is -2.17. The van der Waals surface area contributed by atoms with E-state index < -0.39 is 0 Å². The molecule has 4 rings (SSSR count). The van der Waals surface area contributed by atoms with E-state index in [1.165, 1.54) is 0 Å². The molecule has 3 aromatic rings. The molecule has 1 aromatic heterocycles. The molecule has 7 heteroatoms. The lowest BCUT2D eigenvalue weighted by atomic mass is 10.1. The lowest BCUT2D eigenvalue weighted by Crippen LogP contribution is -2.32. The van der Waals surface area contributed by atoms with Crippen molar-refractivity contribution in [2.24, 2.45) is 4.99 Å². The van der Waals surface area contributed by atoms with Gasteiger partial charge < -0.3 is 13.9 Å². The second-order valence-corrected chi connectivity index (χ2v) is 6.42. The summed E-state index contributed by atoms with van der Waals surface area (Å²) in [5.74, 6) is 2.32. The summed E-state index contributed by atoms with van der Waals surface area (Å²) >= 11 is 0. The van der Waals surface area contributed by atoms with Crippen LogP contribution >= 0.6 is 0 Å². The molecule has 0 fully saturated rings. The van der Waals surface area contributed by atoms with Crippen molar-refractivity contribution in [1.29, 1.82) is 0 Å². The standard InChI is InChI=1S/C23H20N2O4.FH/c1-27-20-11-10-16(14-21(20)28-2)13-19-23(26)25(15-18-9-6-12-29-18)22(24-19)17-7-4-3-5-8-17;/h3-14H,15H2,1-2H3;1H/b19-13-;. The first-order valence-electron chi connectivity index (χ1n) is 9.11. The van der Waals surface area contributed by atoms with Crippen LogP contribution in [0.15, 0.2) is 82.0 Å². The molecule has 154 valence electrons. The maximum Gasteiger partial charge on any atom is 0.278 e. The number of amides is 1. The summed E-state index contributed by atoms with van der Waals surface area (Å²) < 4.78 is 16.1. The van der Waals surface area contributed by atoms with E-state index in [0.717, 1.165) is 11.1 Å². The van der Waals surface area contributed by atoms with E-state index >= 15 is 0 Å². The zero-order chi connectivity index (χ0) is 20.2. The lowest BCUT2D eigenvalue weighted by molar-refractivity contribution is -0.123. The van der Waals surface area contributed by atoms with Gasteiger partial charge in [0.25, 0.3) is 5.91 Å². The van der Waals surface area contributed by atoms with Crippen molar-refractivity contribution >= 4 is 17.8 Å². The Morgan fingerprint density at radius 3 is 2.43 bits per heavy atom. The highest BCUT2D eigenvalue weighted by molar-refractivity contribution is 6.19. The van der Waals surface area contributed by atoms with Crippen LogP contribution in [0.5, 0.6) is 11.5 Å². The van der Waals surface area contributed by atoms with Gasteiger partial charge in [-0.1, -0.05) is 36.4 Å². The summed E-state index contributed by atoms with van der Waals surface area (Å²) in [6.07, 6.45) is 3.34. The monoisotopic (exact) mass is 408 g/mol. The molecule has 1 amide bonds. The minimum absolute atomic E-state index is 0. The summed E-state index contributed by atoms with van der Waals surface area (Å²) in [6.45, 7) is 0.308. The van der Waals surface area contributed by atoms with Gasteiger partial charge in [0, 0.05) is 5.56 Å².